The third-order valence-corrected chi connectivity index (χ3v) is 1.38. The maximum Gasteiger partial charge on any atom is 0.0186 e. The Morgan fingerprint density at radius 2 is 2.00 bits per heavy atom. The molecule has 0 radical (unpaired) electrons. The van der Waals surface area contributed by atoms with Crippen molar-refractivity contribution in [2.75, 3.05) is 27.7 Å². The predicted molar refractivity (Wildman–Crippen MR) is 37.1 cm³/mol. The molecule has 0 aliphatic rings. The molecule has 0 unspecified atom stereocenters. The summed E-state index contributed by atoms with van der Waals surface area (Å²) in [5.74, 6) is 0. The lowest BCUT2D eigenvalue weighted by Gasteiger charge is -2.18. The van der Waals surface area contributed by atoms with E-state index in [1.165, 1.54) is 0 Å². The molecule has 0 aromatic heterocycles. The van der Waals surface area contributed by atoms with Gasteiger partial charge in [0.2, 0.25) is 0 Å². The topological polar surface area (TPSA) is 15.3 Å². The van der Waals surface area contributed by atoms with E-state index < -0.39 is 0 Å². The second kappa shape index (κ2) is 3.87. The largest absolute Gasteiger partial charge is 0.318 e. The maximum atomic E-state index is 3.11. The summed E-state index contributed by atoms with van der Waals surface area (Å²) in [6, 6.07) is 0.639. The zero-order valence-electron chi connectivity index (χ0n) is 6.23. The Balaban J connectivity index is 3.17. The van der Waals surface area contributed by atoms with E-state index in [1.807, 2.05) is 7.05 Å². The van der Waals surface area contributed by atoms with Crippen molar-refractivity contribution >= 4 is 0 Å². The van der Waals surface area contributed by atoms with Gasteiger partial charge in [-0.3, -0.25) is 0 Å². The molecule has 0 saturated heterocycles. The van der Waals surface area contributed by atoms with Gasteiger partial charge >= 0.3 is 0 Å². The molecule has 0 aliphatic carbocycles. The van der Waals surface area contributed by atoms with Crippen LogP contribution < -0.4 is 5.32 Å². The van der Waals surface area contributed by atoms with E-state index in [1.54, 1.807) is 0 Å². The summed E-state index contributed by atoms with van der Waals surface area (Å²) in [5, 5.41) is 3.11. The van der Waals surface area contributed by atoms with Gasteiger partial charge in [0, 0.05) is 12.6 Å². The highest BCUT2D eigenvalue weighted by Crippen LogP contribution is 1.86. The van der Waals surface area contributed by atoms with Crippen LogP contribution in [0.15, 0.2) is 0 Å². The lowest BCUT2D eigenvalue weighted by atomic mass is 10.3. The van der Waals surface area contributed by atoms with E-state index in [9.17, 15) is 0 Å². The zero-order valence-corrected chi connectivity index (χ0v) is 6.23. The number of hydrogen-bond acceptors (Lipinski definition) is 2. The summed E-state index contributed by atoms with van der Waals surface area (Å²) in [5.41, 5.74) is 0. The van der Waals surface area contributed by atoms with Crippen molar-refractivity contribution in [1.82, 2.24) is 10.2 Å². The van der Waals surface area contributed by atoms with Crippen molar-refractivity contribution in [1.29, 1.82) is 0 Å². The highest BCUT2D eigenvalue weighted by Gasteiger charge is 1.99. The summed E-state index contributed by atoms with van der Waals surface area (Å²) in [6.07, 6.45) is 0. The highest BCUT2D eigenvalue weighted by molar-refractivity contribution is 4.59. The minimum Gasteiger partial charge on any atom is -0.318 e. The first kappa shape index (κ1) is 7.92. The minimum absolute atomic E-state index is 0.639. The Hall–Kier alpha value is -0.0800. The first-order valence-electron chi connectivity index (χ1n) is 2.99. The molecular formula is C6H16N2. The third kappa shape index (κ3) is 2.99. The molecule has 0 aromatic carbocycles. The zero-order chi connectivity index (χ0) is 6.57. The maximum absolute atomic E-state index is 3.11. The van der Waals surface area contributed by atoms with Gasteiger partial charge in [-0.25, -0.2) is 0 Å². The summed E-state index contributed by atoms with van der Waals surface area (Å²) in [4.78, 5) is 2.19. The highest BCUT2D eigenvalue weighted by atomic mass is 15.1. The van der Waals surface area contributed by atoms with Crippen molar-refractivity contribution in [3.63, 3.8) is 0 Å². The van der Waals surface area contributed by atoms with Crippen LogP contribution in [0.3, 0.4) is 0 Å². The number of hydrogen-bond donors (Lipinski definition) is 1. The first-order valence-corrected chi connectivity index (χ1v) is 2.99. The average Bonchev–Trinajstić information content (AvgIpc) is 1.67. The minimum atomic E-state index is 0.639. The van der Waals surface area contributed by atoms with Crippen LogP contribution in [0.1, 0.15) is 6.92 Å². The molecule has 50 valence electrons. The standard InChI is InChI=1S/C6H16N2/c1-6(5-7-2)8(3)4/h6-7H,5H2,1-4H3/t6-/m1/s1. The van der Waals surface area contributed by atoms with Crippen molar-refractivity contribution in [2.45, 2.75) is 13.0 Å². The van der Waals surface area contributed by atoms with Crippen LogP contribution in [0.4, 0.5) is 0 Å². The molecule has 8 heavy (non-hydrogen) atoms. The quantitative estimate of drug-likeness (QED) is 0.565. The van der Waals surface area contributed by atoms with Gasteiger partial charge in [-0.05, 0) is 28.1 Å². The molecular weight excluding hydrogens is 100 g/mol. The fourth-order valence-electron chi connectivity index (χ4n) is 0.478. The van der Waals surface area contributed by atoms with E-state index in [0.717, 1.165) is 6.54 Å². The smallest absolute Gasteiger partial charge is 0.0186 e. The van der Waals surface area contributed by atoms with Crippen molar-refractivity contribution in [3.8, 4) is 0 Å². The van der Waals surface area contributed by atoms with Crippen LogP contribution in [0.25, 0.3) is 0 Å². The van der Waals surface area contributed by atoms with Crippen LogP contribution in [-0.2, 0) is 0 Å². The van der Waals surface area contributed by atoms with Gasteiger partial charge in [-0.2, -0.15) is 0 Å². The average molecular weight is 116 g/mol. The lowest BCUT2D eigenvalue weighted by molar-refractivity contribution is 0.308. The fourth-order valence-corrected chi connectivity index (χ4v) is 0.478. The molecule has 2 nitrogen and oxygen atoms in total. The van der Waals surface area contributed by atoms with Crippen LogP contribution >= 0.6 is 0 Å². The molecule has 0 bridgehead atoms. The Bertz CT molecular complexity index is 52.5. The Kier molecular flexibility index (Phi) is 3.83. The lowest BCUT2D eigenvalue weighted by Crippen LogP contribution is -2.33. The molecule has 0 fully saturated rings. The normalized spacial score (nSPS) is 14.6. The van der Waals surface area contributed by atoms with E-state index in [2.05, 4.69) is 31.2 Å². The fraction of sp³-hybridized carbons (Fsp3) is 1.00. The van der Waals surface area contributed by atoms with E-state index in [-0.39, 0.29) is 0 Å². The van der Waals surface area contributed by atoms with Crippen LogP contribution in [0.5, 0.6) is 0 Å². The molecule has 0 amide bonds. The molecule has 1 N–H and O–H groups in total. The van der Waals surface area contributed by atoms with Crippen LogP contribution in [0, 0.1) is 0 Å². The van der Waals surface area contributed by atoms with Gasteiger partial charge in [0.05, 0.1) is 0 Å². The second-order valence-electron chi connectivity index (χ2n) is 2.37. The molecule has 0 aromatic rings. The van der Waals surface area contributed by atoms with Gasteiger partial charge in [0.15, 0.2) is 0 Å². The summed E-state index contributed by atoms with van der Waals surface area (Å²) < 4.78 is 0. The summed E-state index contributed by atoms with van der Waals surface area (Å²) in [6.45, 7) is 3.25. The molecule has 0 aliphatic heterocycles. The number of nitrogens with zero attached hydrogens (tertiary/aromatic N) is 1. The first-order chi connectivity index (χ1) is 3.68. The van der Waals surface area contributed by atoms with E-state index >= 15 is 0 Å². The van der Waals surface area contributed by atoms with Gasteiger partial charge in [0.1, 0.15) is 0 Å². The molecule has 1 atom stereocenters. The van der Waals surface area contributed by atoms with Gasteiger partial charge < -0.3 is 10.2 Å². The Labute approximate surface area is 51.9 Å². The van der Waals surface area contributed by atoms with Gasteiger partial charge in [-0.15, -0.1) is 0 Å². The van der Waals surface area contributed by atoms with Crippen LogP contribution in [-0.4, -0.2) is 38.6 Å². The number of likely N-dealkylation sites (N-methyl/N-ethyl adjacent to an activating group) is 2. The monoisotopic (exact) mass is 116 g/mol. The molecule has 0 heterocycles. The number of nitrogens with one attached hydrogen (secondary N) is 1. The summed E-state index contributed by atoms with van der Waals surface area (Å²) in [7, 11) is 6.14. The van der Waals surface area contributed by atoms with E-state index in [0.29, 0.717) is 6.04 Å². The van der Waals surface area contributed by atoms with Gasteiger partial charge in [0.25, 0.3) is 0 Å². The Morgan fingerprint density at radius 1 is 1.50 bits per heavy atom. The molecule has 2 heteroatoms. The van der Waals surface area contributed by atoms with Crippen LogP contribution in [0.2, 0.25) is 0 Å². The van der Waals surface area contributed by atoms with E-state index in [4.69, 9.17) is 0 Å². The molecule has 0 saturated carbocycles. The SMILES string of the molecule is CNC[C@@H](C)N(C)C. The second-order valence-corrected chi connectivity index (χ2v) is 2.37. The summed E-state index contributed by atoms with van der Waals surface area (Å²) >= 11 is 0. The van der Waals surface area contributed by atoms with Gasteiger partial charge in [-0.1, -0.05) is 0 Å². The van der Waals surface area contributed by atoms with Crippen molar-refractivity contribution in [3.05, 3.63) is 0 Å². The number of rotatable bonds is 3. The van der Waals surface area contributed by atoms with Crippen molar-refractivity contribution in [2.24, 2.45) is 0 Å². The predicted octanol–water partition coefficient (Wildman–Crippen LogP) is 0.156. The Morgan fingerprint density at radius 3 is 2.12 bits per heavy atom. The van der Waals surface area contributed by atoms with Crippen molar-refractivity contribution < 1.29 is 0 Å². The molecule has 0 spiro atoms. The third-order valence-electron chi connectivity index (χ3n) is 1.38. The molecule has 0 rings (SSSR count).